The van der Waals surface area contributed by atoms with Gasteiger partial charge in [-0.25, -0.2) is 0 Å². The summed E-state index contributed by atoms with van der Waals surface area (Å²) in [5, 5.41) is 3.82. The summed E-state index contributed by atoms with van der Waals surface area (Å²) >= 11 is 0. The molecule has 0 fully saturated rings. The van der Waals surface area contributed by atoms with Crippen LogP contribution in [0.3, 0.4) is 0 Å². The highest BCUT2D eigenvalue weighted by atomic mass is 16.7. The summed E-state index contributed by atoms with van der Waals surface area (Å²) < 4.78 is 10.6. The van der Waals surface area contributed by atoms with E-state index in [2.05, 4.69) is 10.3 Å². The number of carbonyl (C=O) groups excluding carboxylic acids is 1. The molecule has 114 valence electrons. The summed E-state index contributed by atoms with van der Waals surface area (Å²) in [5.41, 5.74) is 2.79. The SMILES string of the molecule is Cc1nc2ccccc2cc1C(=O)Nc1ccc2c(c1)OCO2. The fourth-order valence-corrected chi connectivity index (χ4v) is 2.61. The third-order valence-electron chi connectivity index (χ3n) is 3.79. The van der Waals surface area contributed by atoms with Crippen molar-refractivity contribution >= 4 is 22.5 Å². The Bertz CT molecular complexity index is 921. The van der Waals surface area contributed by atoms with Crippen LogP contribution in [0.4, 0.5) is 5.69 Å². The topological polar surface area (TPSA) is 60.5 Å². The van der Waals surface area contributed by atoms with E-state index in [4.69, 9.17) is 9.47 Å². The number of hydrogen-bond donors (Lipinski definition) is 1. The van der Waals surface area contributed by atoms with Gasteiger partial charge in [0.2, 0.25) is 6.79 Å². The highest BCUT2D eigenvalue weighted by Gasteiger charge is 2.16. The number of carbonyl (C=O) groups is 1. The standard InChI is InChI=1S/C18H14N2O3/c1-11-14(8-12-4-2-3-5-15(12)19-11)18(21)20-13-6-7-16-17(9-13)23-10-22-16/h2-9H,10H2,1H3,(H,20,21). The van der Waals surface area contributed by atoms with E-state index < -0.39 is 0 Å². The molecule has 1 amide bonds. The number of pyridine rings is 1. The summed E-state index contributed by atoms with van der Waals surface area (Å²) in [4.78, 5) is 17.0. The van der Waals surface area contributed by atoms with Crippen molar-refractivity contribution in [2.24, 2.45) is 0 Å². The lowest BCUT2D eigenvalue weighted by molar-refractivity contribution is 0.102. The molecule has 3 aromatic rings. The predicted molar refractivity (Wildman–Crippen MR) is 87.0 cm³/mol. The average molecular weight is 306 g/mol. The number of benzene rings is 2. The lowest BCUT2D eigenvalue weighted by atomic mass is 10.1. The maximum Gasteiger partial charge on any atom is 0.257 e. The van der Waals surface area contributed by atoms with Crippen LogP contribution in [0.25, 0.3) is 10.9 Å². The van der Waals surface area contributed by atoms with Crippen LogP contribution in [0.15, 0.2) is 48.5 Å². The van der Waals surface area contributed by atoms with E-state index in [1.165, 1.54) is 0 Å². The molecule has 1 N–H and O–H groups in total. The Kier molecular flexibility index (Phi) is 3.12. The normalized spacial score (nSPS) is 12.4. The van der Waals surface area contributed by atoms with Gasteiger partial charge in [-0.05, 0) is 31.2 Å². The van der Waals surface area contributed by atoms with Crippen LogP contribution in [0.5, 0.6) is 11.5 Å². The van der Waals surface area contributed by atoms with Gasteiger partial charge in [0.25, 0.3) is 5.91 Å². The Labute approximate surface area is 132 Å². The number of para-hydroxylation sites is 1. The minimum absolute atomic E-state index is 0.195. The van der Waals surface area contributed by atoms with E-state index in [0.29, 0.717) is 28.4 Å². The van der Waals surface area contributed by atoms with E-state index in [0.717, 1.165) is 10.9 Å². The number of ether oxygens (including phenoxy) is 2. The van der Waals surface area contributed by atoms with Crippen molar-refractivity contribution in [1.82, 2.24) is 4.98 Å². The van der Waals surface area contributed by atoms with Gasteiger partial charge in [0.05, 0.1) is 16.8 Å². The number of rotatable bonds is 2. The highest BCUT2D eigenvalue weighted by molar-refractivity contribution is 6.06. The van der Waals surface area contributed by atoms with Crippen LogP contribution in [-0.4, -0.2) is 17.7 Å². The van der Waals surface area contributed by atoms with E-state index in [1.807, 2.05) is 37.3 Å². The molecule has 1 aliphatic heterocycles. The second kappa shape index (κ2) is 5.28. The van der Waals surface area contributed by atoms with Crippen molar-refractivity contribution < 1.29 is 14.3 Å². The quantitative estimate of drug-likeness (QED) is 0.787. The Morgan fingerprint density at radius 3 is 2.83 bits per heavy atom. The second-order valence-corrected chi connectivity index (χ2v) is 5.34. The first-order valence-electron chi connectivity index (χ1n) is 7.28. The Morgan fingerprint density at radius 1 is 1.09 bits per heavy atom. The summed E-state index contributed by atoms with van der Waals surface area (Å²) in [7, 11) is 0. The predicted octanol–water partition coefficient (Wildman–Crippen LogP) is 3.52. The van der Waals surface area contributed by atoms with Gasteiger partial charge in [-0.15, -0.1) is 0 Å². The van der Waals surface area contributed by atoms with E-state index in [1.54, 1.807) is 18.2 Å². The number of amides is 1. The molecule has 0 saturated heterocycles. The monoisotopic (exact) mass is 306 g/mol. The van der Waals surface area contributed by atoms with E-state index >= 15 is 0 Å². The molecule has 1 aliphatic rings. The molecule has 0 spiro atoms. The van der Waals surface area contributed by atoms with Crippen LogP contribution in [0.1, 0.15) is 16.1 Å². The Morgan fingerprint density at radius 2 is 1.91 bits per heavy atom. The van der Waals surface area contributed by atoms with Crippen molar-refractivity contribution in [2.75, 3.05) is 12.1 Å². The molecule has 0 atom stereocenters. The Hall–Kier alpha value is -3.08. The average Bonchev–Trinajstić information content (AvgIpc) is 3.01. The van der Waals surface area contributed by atoms with Gasteiger partial charge in [0.1, 0.15) is 0 Å². The third-order valence-corrected chi connectivity index (χ3v) is 3.79. The molecular weight excluding hydrogens is 292 g/mol. The zero-order valence-corrected chi connectivity index (χ0v) is 12.5. The molecule has 5 heteroatoms. The van der Waals surface area contributed by atoms with Crippen molar-refractivity contribution in [3.8, 4) is 11.5 Å². The smallest absolute Gasteiger partial charge is 0.257 e. The maximum atomic E-state index is 12.6. The zero-order chi connectivity index (χ0) is 15.8. The minimum Gasteiger partial charge on any atom is -0.454 e. The summed E-state index contributed by atoms with van der Waals surface area (Å²) in [5.74, 6) is 1.13. The summed E-state index contributed by atoms with van der Waals surface area (Å²) in [6.07, 6.45) is 0. The summed E-state index contributed by atoms with van der Waals surface area (Å²) in [6, 6.07) is 14.9. The molecule has 0 unspecified atom stereocenters. The molecule has 0 saturated carbocycles. The van der Waals surface area contributed by atoms with Crippen molar-refractivity contribution in [2.45, 2.75) is 6.92 Å². The van der Waals surface area contributed by atoms with Crippen LogP contribution in [0, 0.1) is 6.92 Å². The molecule has 1 aromatic heterocycles. The first-order valence-corrected chi connectivity index (χ1v) is 7.28. The maximum absolute atomic E-state index is 12.6. The molecule has 0 aliphatic carbocycles. The van der Waals surface area contributed by atoms with Crippen molar-refractivity contribution in [3.63, 3.8) is 0 Å². The molecule has 0 bridgehead atoms. The van der Waals surface area contributed by atoms with Crippen LogP contribution in [-0.2, 0) is 0 Å². The molecule has 2 aromatic carbocycles. The van der Waals surface area contributed by atoms with Gasteiger partial charge < -0.3 is 14.8 Å². The number of nitrogens with one attached hydrogen (secondary N) is 1. The molecule has 4 rings (SSSR count). The third kappa shape index (κ3) is 2.46. The number of nitrogens with zero attached hydrogens (tertiary/aromatic N) is 1. The van der Waals surface area contributed by atoms with Crippen LogP contribution in [0.2, 0.25) is 0 Å². The summed E-state index contributed by atoms with van der Waals surface area (Å²) in [6.45, 7) is 2.04. The van der Waals surface area contributed by atoms with E-state index in [-0.39, 0.29) is 12.7 Å². The second-order valence-electron chi connectivity index (χ2n) is 5.34. The van der Waals surface area contributed by atoms with Crippen molar-refractivity contribution in [1.29, 1.82) is 0 Å². The van der Waals surface area contributed by atoms with Gasteiger partial charge in [0, 0.05) is 17.1 Å². The highest BCUT2D eigenvalue weighted by Crippen LogP contribution is 2.34. The van der Waals surface area contributed by atoms with Gasteiger partial charge in [-0.1, -0.05) is 18.2 Å². The minimum atomic E-state index is -0.195. The fraction of sp³-hybridized carbons (Fsp3) is 0.111. The zero-order valence-electron chi connectivity index (χ0n) is 12.5. The Balaban J connectivity index is 1.65. The number of fused-ring (bicyclic) bond motifs is 2. The largest absolute Gasteiger partial charge is 0.454 e. The number of aryl methyl sites for hydroxylation is 1. The van der Waals surface area contributed by atoms with Gasteiger partial charge in [-0.3, -0.25) is 9.78 Å². The first-order chi connectivity index (χ1) is 11.2. The molecule has 2 heterocycles. The van der Waals surface area contributed by atoms with E-state index in [9.17, 15) is 4.79 Å². The first kappa shape index (κ1) is 13.6. The lowest BCUT2D eigenvalue weighted by Gasteiger charge is -2.09. The van der Waals surface area contributed by atoms with Gasteiger partial charge in [0.15, 0.2) is 11.5 Å². The van der Waals surface area contributed by atoms with Crippen LogP contribution >= 0.6 is 0 Å². The number of hydrogen-bond acceptors (Lipinski definition) is 4. The lowest BCUT2D eigenvalue weighted by Crippen LogP contribution is -2.14. The van der Waals surface area contributed by atoms with Gasteiger partial charge >= 0.3 is 0 Å². The molecular formula is C18H14N2O3. The fourth-order valence-electron chi connectivity index (χ4n) is 2.61. The number of aromatic nitrogens is 1. The molecule has 5 nitrogen and oxygen atoms in total. The van der Waals surface area contributed by atoms with Crippen molar-refractivity contribution in [3.05, 3.63) is 59.8 Å². The van der Waals surface area contributed by atoms with Gasteiger partial charge in [-0.2, -0.15) is 0 Å². The van der Waals surface area contributed by atoms with Crippen LogP contribution < -0.4 is 14.8 Å². The molecule has 23 heavy (non-hydrogen) atoms. The number of anilines is 1. The molecule has 0 radical (unpaired) electrons.